The van der Waals surface area contributed by atoms with Crippen molar-refractivity contribution in [1.29, 1.82) is 0 Å². The lowest BCUT2D eigenvalue weighted by atomic mass is 10.0. The van der Waals surface area contributed by atoms with E-state index in [0.717, 1.165) is 0 Å². The lowest BCUT2D eigenvalue weighted by Crippen LogP contribution is -2.54. The van der Waals surface area contributed by atoms with Gasteiger partial charge >= 0.3 is 0 Å². The molecule has 1 N–H and O–H groups in total. The summed E-state index contributed by atoms with van der Waals surface area (Å²) in [4.78, 5) is 13.9. The highest BCUT2D eigenvalue weighted by Crippen LogP contribution is 2.12. The second kappa shape index (κ2) is 5.35. The van der Waals surface area contributed by atoms with Crippen LogP contribution in [-0.4, -0.2) is 55.9 Å². The number of nitrogens with one attached hydrogen (secondary N) is 1. The number of hydrogen-bond donors (Lipinski definition) is 1. The predicted molar refractivity (Wildman–Crippen MR) is 67.6 cm³/mol. The lowest BCUT2D eigenvalue weighted by Gasteiger charge is -2.31. The van der Waals surface area contributed by atoms with Crippen LogP contribution in [-0.2, 0) is 14.6 Å². The van der Waals surface area contributed by atoms with Crippen LogP contribution in [0.25, 0.3) is 0 Å². The van der Waals surface area contributed by atoms with Gasteiger partial charge in [-0.05, 0) is 26.8 Å². The van der Waals surface area contributed by atoms with Gasteiger partial charge in [-0.25, -0.2) is 8.42 Å². The fourth-order valence-electron chi connectivity index (χ4n) is 2.05. The van der Waals surface area contributed by atoms with Gasteiger partial charge in [-0.1, -0.05) is 6.92 Å². The van der Waals surface area contributed by atoms with Gasteiger partial charge in [0.05, 0.1) is 17.0 Å². The van der Waals surface area contributed by atoms with E-state index in [-0.39, 0.29) is 17.4 Å². The van der Waals surface area contributed by atoms with Crippen LogP contribution in [0.1, 0.15) is 27.2 Å². The Kier molecular flexibility index (Phi) is 4.55. The number of sulfone groups is 1. The average Bonchev–Trinajstić information content (AvgIpc) is 2.38. The highest BCUT2D eigenvalue weighted by atomic mass is 32.2. The highest BCUT2D eigenvalue weighted by molar-refractivity contribution is 7.91. The first kappa shape index (κ1) is 14.4. The van der Waals surface area contributed by atoms with Gasteiger partial charge in [0.2, 0.25) is 5.91 Å². The third kappa shape index (κ3) is 3.96. The van der Waals surface area contributed by atoms with Crippen molar-refractivity contribution in [2.75, 3.05) is 31.1 Å². The molecule has 0 saturated carbocycles. The molecule has 1 fully saturated rings. The minimum Gasteiger partial charge on any atom is -0.340 e. The summed E-state index contributed by atoms with van der Waals surface area (Å²) in [5.41, 5.74) is -0.622. The van der Waals surface area contributed by atoms with E-state index in [9.17, 15) is 13.2 Å². The summed E-state index contributed by atoms with van der Waals surface area (Å²) < 4.78 is 22.9. The second-order valence-corrected chi connectivity index (χ2v) is 7.26. The Bertz CT molecular complexity index is 376. The molecule has 0 aromatic heterocycles. The molecule has 0 aromatic rings. The van der Waals surface area contributed by atoms with Crippen molar-refractivity contribution in [2.45, 2.75) is 32.7 Å². The maximum atomic E-state index is 12.2. The van der Waals surface area contributed by atoms with E-state index >= 15 is 0 Å². The first-order chi connectivity index (χ1) is 7.78. The van der Waals surface area contributed by atoms with Crippen LogP contribution in [0, 0.1) is 0 Å². The first-order valence-corrected chi connectivity index (χ1v) is 7.85. The second-order valence-electron chi connectivity index (χ2n) is 4.95. The van der Waals surface area contributed by atoms with Gasteiger partial charge in [0.25, 0.3) is 0 Å². The number of likely N-dealkylation sites (N-methyl/N-ethyl adjacent to an activating group) is 1. The van der Waals surface area contributed by atoms with Crippen LogP contribution in [0.3, 0.4) is 0 Å². The van der Waals surface area contributed by atoms with E-state index in [1.807, 2.05) is 20.8 Å². The quantitative estimate of drug-likeness (QED) is 0.779. The number of carbonyl (C=O) groups excluding carboxylic acids is 1. The van der Waals surface area contributed by atoms with Gasteiger partial charge in [0.15, 0.2) is 9.84 Å². The Balaban J connectivity index is 2.70. The Labute approximate surface area is 103 Å². The van der Waals surface area contributed by atoms with Crippen LogP contribution >= 0.6 is 0 Å². The fraction of sp³-hybridized carbons (Fsp3) is 0.909. The number of nitrogens with zero attached hydrogens (tertiary/aromatic N) is 1. The summed E-state index contributed by atoms with van der Waals surface area (Å²) in [6, 6.07) is 0. The molecule has 1 saturated heterocycles. The molecule has 1 aliphatic heterocycles. The van der Waals surface area contributed by atoms with E-state index < -0.39 is 15.4 Å². The highest BCUT2D eigenvalue weighted by Gasteiger charge is 2.32. The van der Waals surface area contributed by atoms with Crippen molar-refractivity contribution in [3.8, 4) is 0 Å². The molecule has 17 heavy (non-hydrogen) atoms. The van der Waals surface area contributed by atoms with Crippen LogP contribution in [0.4, 0.5) is 0 Å². The van der Waals surface area contributed by atoms with Crippen LogP contribution in [0.2, 0.25) is 0 Å². The molecule has 0 aliphatic carbocycles. The number of amides is 1. The molecule has 0 spiro atoms. The first-order valence-electron chi connectivity index (χ1n) is 6.03. The molecule has 0 aromatic carbocycles. The molecule has 100 valence electrons. The third-order valence-corrected chi connectivity index (χ3v) is 4.71. The van der Waals surface area contributed by atoms with Crippen molar-refractivity contribution in [3.63, 3.8) is 0 Å². The molecule has 0 atom stereocenters. The van der Waals surface area contributed by atoms with Crippen molar-refractivity contribution in [1.82, 2.24) is 10.2 Å². The topological polar surface area (TPSA) is 66.5 Å². The van der Waals surface area contributed by atoms with Crippen LogP contribution < -0.4 is 5.32 Å². The molecule has 0 radical (unpaired) electrons. The Morgan fingerprint density at radius 2 is 1.94 bits per heavy atom. The van der Waals surface area contributed by atoms with Crippen molar-refractivity contribution in [2.24, 2.45) is 0 Å². The molecule has 0 unspecified atom stereocenters. The summed E-state index contributed by atoms with van der Waals surface area (Å²) >= 11 is 0. The SMILES string of the molecule is CCNC(C)(C)C(=O)N1CCCS(=O)(=O)CC1. The van der Waals surface area contributed by atoms with Gasteiger partial charge < -0.3 is 10.2 Å². The monoisotopic (exact) mass is 262 g/mol. The average molecular weight is 262 g/mol. The minimum absolute atomic E-state index is 0.0172. The molecule has 1 amide bonds. The molecular formula is C11H22N2O3S. The summed E-state index contributed by atoms with van der Waals surface area (Å²) in [6.45, 7) is 7.17. The van der Waals surface area contributed by atoms with Crippen molar-refractivity contribution in [3.05, 3.63) is 0 Å². The molecule has 1 rings (SSSR count). The molecule has 1 heterocycles. The smallest absolute Gasteiger partial charge is 0.242 e. The van der Waals surface area contributed by atoms with Gasteiger partial charge in [-0.15, -0.1) is 0 Å². The number of carbonyl (C=O) groups is 1. The summed E-state index contributed by atoms with van der Waals surface area (Å²) in [5.74, 6) is 0.260. The zero-order valence-corrected chi connectivity index (χ0v) is 11.6. The minimum atomic E-state index is -2.96. The Hall–Kier alpha value is -0.620. The summed E-state index contributed by atoms with van der Waals surface area (Å²) in [7, 11) is -2.96. The molecule has 5 nitrogen and oxygen atoms in total. The summed E-state index contributed by atoms with van der Waals surface area (Å²) in [6.07, 6.45) is 0.538. The maximum absolute atomic E-state index is 12.2. The zero-order chi connectivity index (χ0) is 13.1. The number of rotatable bonds is 3. The Morgan fingerprint density at radius 1 is 1.29 bits per heavy atom. The van der Waals surface area contributed by atoms with Gasteiger partial charge in [-0.2, -0.15) is 0 Å². The van der Waals surface area contributed by atoms with E-state index in [1.165, 1.54) is 0 Å². The zero-order valence-electron chi connectivity index (χ0n) is 10.8. The van der Waals surface area contributed by atoms with Crippen molar-refractivity contribution < 1.29 is 13.2 Å². The number of hydrogen-bond acceptors (Lipinski definition) is 4. The normalized spacial score (nSPS) is 21.0. The molecule has 0 bridgehead atoms. The summed E-state index contributed by atoms with van der Waals surface area (Å²) in [5, 5.41) is 3.12. The standard InChI is InChI=1S/C11H22N2O3S/c1-4-12-11(2,3)10(14)13-6-5-8-17(15,16)9-7-13/h12H,4-9H2,1-3H3. The fourth-order valence-corrected chi connectivity index (χ4v) is 3.33. The van der Waals surface area contributed by atoms with Gasteiger partial charge in [-0.3, -0.25) is 4.79 Å². The van der Waals surface area contributed by atoms with Gasteiger partial charge in [0, 0.05) is 13.1 Å². The predicted octanol–water partition coefficient (Wildman–Crippen LogP) is 0.0216. The third-order valence-electron chi connectivity index (χ3n) is 3.00. The lowest BCUT2D eigenvalue weighted by molar-refractivity contribution is -0.136. The van der Waals surface area contributed by atoms with Crippen LogP contribution in [0.5, 0.6) is 0 Å². The molecular weight excluding hydrogens is 240 g/mol. The Morgan fingerprint density at radius 3 is 2.53 bits per heavy atom. The van der Waals surface area contributed by atoms with E-state index in [2.05, 4.69) is 5.32 Å². The molecule has 1 aliphatic rings. The van der Waals surface area contributed by atoms with Crippen LogP contribution in [0.15, 0.2) is 0 Å². The van der Waals surface area contributed by atoms with Gasteiger partial charge in [0.1, 0.15) is 0 Å². The maximum Gasteiger partial charge on any atom is 0.242 e. The molecule has 6 heteroatoms. The van der Waals surface area contributed by atoms with E-state index in [0.29, 0.717) is 26.1 Å². The van der Waals surface area contributed by atoms with E-state index in [4.69, 9.17) is 0 Å². The van der Waals surface area contributed by atoms with Crippen molar-refractivity contribution >= 4 is 15.7 Å². The largest absolute Gasteiger partial charge is 0.340 e. The van der Waals surface area contributed by atoms with E-state index in [1.54, 1.807) is 4.90 Å².